The first kappa shape index (κ1) is 11.0. The standard InChI is InChI=1S/C8H7BrF2N2O/c9-2-4-1-5(7(10)11)3-13-6(4)8(12)14/h1,3,7H,2H2,(H2,12,14). The van der Waals surface area contributed by atoms with E-state index in [-0.39, 0.29) is 16.6 Å². The number of carbonyl (C=O) groups is 1. The van der Waals surface area contributed by atoms with E-state index in [1.165, 1.54) is 6.07 Å². The fourth-order valence-corrected chi connectivity index (χ4v) is 1.40. The van der Waals surface area contributed by atoms with Gasteiger partial charge >= 0.3 is 0 Å². The van der Waals surface area contributed by atoms with Crippen molar-refractivity contribution in [1.82, 2.24) is 4.98 Å². The van der Waals surface area contributed by atoms with Crippen LogP contribution in [0.2, 0.25) is 0 Å². The highest BCUT2D eigenvalue weighted by Crippen LogP contribution is 2.21. The highest BCUT2D eigenvalue weighted by Gasteiger charge is 2.14. The van der Waals surface area contributed by atoms with Gasteiger partial charge in [0, 0.05) is 17.1 Å². The zero-order valence-electron chi connectivity index (χ0n) is 7.01. The van der Waals surface area contributed by atoms with Crippen molar-refractivity contribution in [2.24, 2.45) is 5.73 Å². The molecule has 6 heteroatoms. The van der Waals surface area contributed by atoms with Crippen molar-refractivity contribution >= 4 is 21.8 Å². The summed E-state index contributed by atoms with van der Waals surface area (Å²) >= 11 is 3.07. The number of amides is 1. The average Bonchev–Trinajstić information content (AvgIpc) is 2.16. The van der Waals surface area contributed by atoms with E-state index < -0.39 is 12.3 Å². The maximum Gasteiger partial charge on any atom is 0.267 e. The molecular formula is C8H7BrF2N2O. The van der Waals surface area contributed by atoms with Crippen LogP contribution in [-0.4, -0.2) is 10.9 Å². The molecule has 14 heavy (non-hydrogen) atoms. The molecule has 1 aromatic heterocycles. The maximum absolute atomic E-state index is 12.2. The van der Waals surface area contributed by atoms with Gasteiger partial charge in [-0.15, -0.1) is 0 Å². The number of alkyl halides is 3. The molecule has 0 atom stereocenters. The van der Waals surface area contributed by atoms with Gasteiger partial charge in [0.25, 0.3) is 12.3 Å². The fraction of sp³-hybridized carbons (Fsp3) is 0.250. The van der Waals surface area contributed by atoms with Gasteiger partial charge in [0.2, 0.25) is 0 Å². The smallest absolute Gasteiger partial charge is 0.267 e. The number of nitrogens with two attached hydrogens (primary N) is 1. The second-order valence-electron chi connectivity index (χ2n) is 2.57. The number of hydrogen-bond donors (Lipinski definition) is 1. The predicted molar refractivity (Wildman–Crippen MR) is 50.3 cm³/mol. The topological polar surface area (TPSA) is 56.0 Å². The first-order valence-electron chi connectivity index (χ1n) is 3.69. The molecule has 2 N–H and O–H groups in total. The van der Waals surface area contributed by atoms with Crippen molar-refractivity contribution in [3.05, 3.63) is 29.1 Å². The first-order valence-corrected chi connectivity index (χ1v) is 4.81. The zero-order valence-corrected chi connectivity index (χ0v) is 8.59. The number of rotatable bonds is 3. The SMILES string of the molecule is NC(=O)c1ncc(C(F)F)cc1CBr. The summed E-state index contributed by atoms with van der Waals surface area (Å²) in [6.45, 7) is 0. The lowest BCUT2D eigenvalue weighted by molar-refractivity contribution is 0.0994. The van der Waals surface area contributed by atoms with Crippen LogP contribution in [-0.2, 0) is 5.33 Å². The van der Waals surface area contributed by atoms with E-state index in [2.05, 4.69) is 20.9 Å². The molecule has 0 fully saturated rings. The number of halogens is 3. The van der Waals surface area contributed by atoms with Crippen LogP contribution in [0, 0.1) is 0 Å². The second kappa shape index (κ2) is 4.45. The van der Waals surface area contributed by atoms with Crippen LogP contribution in [0.1, 0.15) is 28.0 Å². The molecule has 0 aromatic carbocycles. The molecule has 1 amide bonds. The van der Waals surface area contributed by atoms with Crippen LogP contribution >= 0.6 is 15.9 Å². The summed E-state index contributed by atoms with van der Waals surface area (Å²) in [6.07, 6.45) is -1.64. The minimum Gasteiger partial charge on any atom is -0.364 e. The van der Waals surface area contributed by atoms with Gasteiger partial charge in [0.1, 0.15) is 5.69 Å². The Hall–Kier alpha value is -1.04. The molecule has 3 nitrogen and oxygen atoms in total. The molecule has 0 spiro atoms. The molecule has 1 rings (SSSR count). The Morgan fingerprint density at radius 3 is 2.71 bits per heavy atom. The van der Waals surface area contributed by atoms with Crippen LogP contribution < -0.4 is 5.73 Å². The quantitative estimate of drug-likeness (QED) is 0.850. The van der Waals surface area contributed by atoms with E-state index in [9.17, 15) is 13.6 Å². The molecule has 0 saturated carbocycles. The number of hydrogen-bond acceptors (Lipinski definition) is 2. The number of aromatic nitrogens is 1. The van der Waals surface area contributed by atoms with Gasteiger partial charge in [-0.3, -0.25) is 9.78 Å². The van der Waals surface area contributed by atoms with Gasteiger partial charge in [-0.25, -0.2) is 8.78 Å². The van der Waals surface area contributed by atoms with Gasteiger partial charge in [-0.2, -0.15) is 0 Å². The predicted octanol–water partition coefficient (Wildman–Crippen LogP) is 2.01. The summed E-state index contributed by atoms with van der Waals surface area (Å²) in [5.41, 5.74) is 5.18. The summed E-state index contributed by atoms with van der Waals surface area (Å²) in [4.78, 5) is 14.4. The lowest BCUT2D eigenvalue weighted by Gasteiger charge is -2.05. The van der Waals surface area contributed by atoms with Crippen LogP contribution in [0.4, 0.5) is 8.78 Å². The summed E-state index contributed by atoms with van der Waals surface area (Å²) in [7, 11) is 0. The summed E-state index contributed by atoms with van der Waals surface area (Å²) in [6, 6.07) is 1.21. The van der Waals surface area contributed by atoms with Crippen molar-refractivity contribution in [2.75, 3.05) is 0 Å². The molecule has 0 bridgehead atoms. The van der Waals surface area contributed by atoms with E-state index in [0.717, 1.165) is 6.20 Å². The Labute approximate surface area is 87.4 Å². The van der Waals surface area contributed by atoms with E-state index in [0.29, 0.717) is 5.56 Å². The van der Waals surface area contributed by atoms with E-state index in [1.54, 1.807) is 0 Å². The van der Waals surface area contributed by atoms with Gasteiger partial charge in [0.05, 0.1) is 0 Å². The number of primary amides is 1. The summed E-state index contributed by atoms with van der Waals surface area (Å²) in [5.74, 6) is -0.722. The van der Waals surface area contributed by atoms with Crippen LogP contribution in [0.5, 0.6) is 0 Å². The molecular weight excluding hydrogens is 258 g/mol. The number of nitrogens with zero attached hydrogens (tertiary/aromatic N) is 1. The minimum absolute atomic E-state index is 0.0197. The van der Waals surface area contributed by atoms with Crippen LogP contribution in [0.15, 0.2) is 12.3 Å². The highest BCUT2D eigenvalue weighted by molar-refractivity contribution is 9.08. The second-order valence-corrected chi connectivity index (χ2v) is 3.14. The largest absolute Gasteiger partial charge is 0.364 e. The average molecular weight is 265 g/mol. The Balaban J connectivity index is 3.18. The Bertz CT molecular complexity index is 357. The number of pyridine rings is 1. The lowest BCUT2D eigenvalue weighted by Crippen LogP contribution is -2.15. The normalized spacial score (nSPS) is 10.6. The maximum atomic E-state index is 12.2. The number of carbonyl (C=O) groups excluding carboxylic acids is 1. The highest BCUT2D eigenvalue weighted by atomic mass is 79.9. The van der Waals surface area contributed by atoms with E-state index in [1.807, 2.05) is 0 Å². The van der Waals surface area contributed by atoms with Gasteiger partial charge in [-0.1, -0.05) is 15.9 Å². The monoisotopic (exact) mass is 264 g/mol. The zero-order chi connectivity index (χ0) is 10.7. The van der Waals surface area contributed by atoms with Gasteiger partial charge < -0.3 is 5.73 Å². The summed E-state index contributed by atoms with van der Waals surface area (Å²) in [5, 5.41) is 0.263. The van der Waals surface area contributed by atoms with Crippen LogP contribution in [0.3, 0.4) is 0 Å². The van der Waals surface area contributed by atoms with E-state index >= 15 is 0 Å². The molecule has 0 saturated heterocycles. The molecule has 1 heterocycles. The van der Waals surface area contributed by atoms with Crippen molar-refractivity contribution in [3.63, 3.8) is 0 Å². The van der Waals surface area contributed by atoms with Crippen molar-refractivity contribution < 1.29 is 13.6 Å². The third-order valence-corrected chi connectivity index (χ3v) is 2.22. The van der Waals surface area contributed by atoms with Gasteiger partial charge in [-0.05, 0) is 11.6 Å². The van der Waals surface area contributed by atoms with Crippen molar-refractivity contribution in [3.8, 4) is 0 Å². The molecule has 0 aliphatic rings. The third kappa shape index (κ3) is 2.25. The van der Waals surface area contributed by atoms with Gasteiger partial charge in [0.15, 0.2) is 0 Å². The minimum atomic E-state index is -2.60. The molecule has 0 aliphatic heterocycles. The van der Waals surface area contributed by atoms with Crippen LogP contribution in [0.25, 0.3) is 0 Å². The Kier molecular flexibility index (Phi) is 3.51. The Morgan fingerprint density at radius 1 is 1.64 bits per heavy atom. The molecule has 0 unspecified atom stereocenters. The molecule has 0 aliphatic carbocycles. The molecule has 0 radical (unpaired) electrons. The summed E-state index contributed by atoms with van der Waals surface area (Å²) < 4.78 is 24.5. The lowest BCUT2D eigenvalue weighted by atomic mass is 10.1. The van der Waals surface area contributed by atoms with Crippen molar-refractivity contribution in [1.29, 1.82) is 0 Å². The van der Waals surface area contributed by atoms with E-state index in [4.69, 9.17) is 5.73 Å². The fourth-order valence-electron chi connectivity index (χ4n) is 0.972. The molecule has 1 aromatic rings. The first-order chi connectivity index (χ1) is 6.56. The molecule has 76 valence electrons. The van der Waals surface area contributed by atoms with Crippen molar-refractivity contribution in [2.45, 2.75) is 11.8 Å². The third-order valence-electron chi connectivity index (χ3n) is 1.62. The Morgan fingerprint density at radius 2 is 2.29 bits per heavy atom.